The van der Waals surface area contributed by atoms with E-state index in [-0.39, 0.29) is 24.0 Å². The van der Waals surface area contributed by atoms with Crippen LogP contribution in [-0.4, -0.2) is 24.5 Å². The summed E-state index contributed by atoms with van der Waals surface area (Å²) in [5, 5.41) is 6.11. The standard InChI is InChI=1S/C16H24N2O3/c1-5-21-16(20)9-11(2)17-12(3)14-7-6-8-15(10-14)18-13(4)19/h6-8,10-12,17H,5,9H2,1-4H3,(H,18,19). The van der Waals surface area contributed by atoms with Gasteiger partial charge in [0.1, 0.15) is 0 Å². The molecule has 1 aromatic carbocycles. The molecule has 116 valence electrons. The van der Waals surface area contributed by atoms with Crippen molar-refractivity contribution >= 4 is 17.6 Å². The van der Waals surface area contributed by atoms with Crippen LogP contribution < -0.4 is 10.6 Å². The zero-order valence-electron chi connectivity index (χ0n) is 13.1. The molecule has 0 aliphatic heterocycles. The van der Waals surface area contributed by atoms with Crippen molar-refractivity contribution in [3.05, 3.63) is 29.8 Å². The largest absolute Gasteiger partial charge is 0.466 e. The predicted molar refractivity (Wildman–Crippen MR) is 83.0 cm³/mol. The predicted octanol–water partition coefficient (Wildman–Crippen LogP) is 2.64. The van der Waals surface area contributed by atoms with Crippen molar-refractivity contribution in [1.29, 1.82) is 0 Å². The lowest BCUT2D eigenvalue weighted by atomic mass is 10.1. The maximum absolute atomic E-state index is 11.4. The quantitative estimate of drug-likeness (QED) is 0.758. The van der Waals surface area contributed by atoms with Gasteiger partial charge in [0.05, 0.1) is 13.0 Å². The van der Waals surface area contributed by atoms with Gasteiger partial charge < -0.3 is 15.4 Å². The van der Waals surface area contributed by atoms with E-state index in [1.54, 1.807) is 6.92 Å². The molecule has 5 heteroatoms. The molecule has 2 unspecified atom stereocenters. The monoisotopic (exact) mass is 292 g/mol. The van der Waals surface area contributed by atoms with Gasteiger partial charge in [-0.05, 0) is 38.5 Å². The average Bonchev–Trinajstić information content (AvgIpc) is 2.38. The van der Waals surface area contributed by atoms with Crippen LogP contribution >= 0.6 is 0 Å². The van der Waals surface area contributed by atoms with Crippen LogP contribution in [0.25, 0.3) is 0 Å². The molecule has 0 fully saturated rings. The molecule has 1 aromatic rings. The van der Waals surface area contributed by atoms with Crippen molar-refractivity contribution in [3.8, 4) is 0 Å². The number of hydrogen-bond donors (Lipinski definition) is 2. The molecule has 2 atom stereocenters. The Kier molecular flexibility index (Phi) is 6.88. The smallest absolute Gasteiger partial charge is 0.307 e. The first kappa shape index (κ1) is 17.2. The number of esters is 1. The second-order valence-electron chi connectivity index (χ2n) is 5.11. The minimum atomic E-state index is -0.198. The molecule has 0 heterocycles. The number of amides is 1. The molecular weight excluding hydrogens is 268 g/mol. The Balaban J connectivity index is 2.60. The Morgan fingerprint density at radius 2 is 2.00 bits per heavy atom. The van der Waals surface area contributed by atoms with Gasteiger partial charge in [-0.25, -0.2) is 0 Å². The molecule has 0 aliphatic carbocycles. The van der Waals surface area contributed by atoms with Gasteiger partial charge in [0.2, 0.25) is 5.91 Å². The number of ether oxygens (including phenoxy) is 1. The fraction of sp³-hybridized carbons (Fsp3) is 0.500. The fourth-order valence-corrected chi connectivity index (χ4v) is 2.14. The van der Waals surface area contributed by atoms with Crippen LogP contribution in [-0.2, 0) is 14.3 Å². The van der Waals surface area contributed by atoms with Crippen LogP contribution in [0.15, 0.2) is 24.3 Å². The third kappa shape index (κ3) is 6.40. The molecule has 21 heavy (non-hydrogen) atoms. The summed E-state index contributed by atoms with van der Waals surface area (Å²) in [5.74, 6) is -0.292. The molecule has 5 nitrogen and oxygen atoms in total. The van der Waals surface area contributed by atoms with Gasteiger partial charge in [-0.3, -0.25) is 9.59 Å². The Labute approximate surface area is 126 Å². The Morgan fingerprint density at radius 3 is 2.62 bits per heavy atom. The third-order valence-electron chi connectivity index (χ3n) is 3.02. The first-order valence-electron chi connectivity index (χ1n) is 7.21. The van der Waals surface area contributed by atoms with E-state index < -0.39 is 0 Å². The summed E-state index contributed by atoms with van der Waals surface area (Å²) >= 11 is 0. The number of rotatable bonds is 7. The highest BCUT2D eigenvalue weighted by Crippen LogP contribution is 2.18. The first-order valence-corrected chi connectivity index (χ1v) is 7.21. The fourth-order valence-electron chi connectivity index (χ4n) is 2.14. The lowest BCUT2D eigenvalue weighted by Crippen LogP contribution is -2.31. The van der Waals surface area contributed by atoms with Gasteiger partial charge >= 0.3 is 5.97 Å². The molecular formula is C16H24N2O3. The highest BCUT2D eigenvalue weighted by atomic mass is 16.5. The number of nitrogens with one attached hydrogen (secondary N) is 2. The van der Waals surface area contributed by atoms with Crippen molar-refractivity contribution in [1.82, 2.24) is 5.32 Å². The molecule has 0 saturated heterocycles. The normalized spacial score (nSPS) is 13.3. The van der Waals surface area contributed by atoms with Crippen LogP contribution in [0.5, 0.6) is 0 Å². The van der Waals surface area contributed by atoms with Gasteiger partial charge in [0, 0.05) is 24.7 Å². The van der Waals surface area contributed by atoms with E-state index in [9.17, 15) is 9.59 Å². The first-order chi connectivity index (χ1) is 9.92. The summed E-state index contributed by atoms with van der Waals surface area (Å²) in [4.78, 5) is 22.5. The zero-order valence-corrected chi connectivity index (χ0v) is 13.1. The van der Waals surface area contributed by atoms with E-state index in [1.165, 1.54) is 6.92 Å². The van der Waals surface area contributed by atoms with Crippen molar-refractivity contribution in [2.45, 2.75) is 46.2 Å². The van der Waals surface area contributed by atoms with E-state index >= 15 is 0 Å². The topological polar surface area (TPSA) is 67.4 Å². The van der Waals surface area contributed by atoms with Crippen LogP contribution in [0.3, 0.4) is 0 Å². The maximum atomic E-state index is 11.4. The van der Waals surface area contributed by atoms with Crippen LogP contribution in [0.4, 0.5) is 5.69 Å². The lowest BCUT2D eigenvalue weighted by Gasteiger charge is -2.20. The second kappa shape index (κ2) is 8.42. The van der Waals surface area contributed by atoms with Crippen LogP contribution in [0, 0.1) is 0 Å². The number of hydrogen-bond acceptors (Lipinski definition) is 4. The number of anilines is 1. The van der Waals surface area contributed by atoms with Gasteiger partial charge in [0.15, 0.2) is 0 Å². The minimum absolute atomic E-state index is 0.0171. The summed E-state index contributed by atoms with van der Waals surface area (Å²) in [7, 11) is 0. The SMILES string of the molecule is CCOC(=O)CC(C)NC(C)c1cccc(NC(C)=O)c1. The lowest BCUT2D eigenvalue weighted by molar-refractivity contribution is -0.143. The molecule has 0 spiro atoms. The number of carbonyl (C=O) groups excluding carboxylic acids is 2. The van der Waals surface area contributed by atoms with Gasteiger partial charge in [-0.15, -0.1) is 0 Å². The molecule has 0 saturated carbocycles. The molecule has 2 N–H and O–H groups in total. The highest BCUT2D eigenvalue weighted by molar-refractivity contribution is 5.88. The second-order valence-corrected chi connectivity index (χ2v) is 5.11. The van der Waals surface area contributed by atoms with Crippen LogP contribution in [0.1, 0.15) is 45.7 Å². The Hall–Kier alpha value is -1.88. The van der Waals surface area contributed by atoms with E-state index in [0.717, 1.165) is 11.3 Å². The molecule has 1 rings (SSSR count). The zero-order chi connectivity index (χ0) is 15.8. The summed E-state index contributed by atoms with van der Waals surface area (Å²) in [6, 6.07) is 7.75. The van der Waals surface area contributed by atoms with E-state index in [4.69, 9.17) is 4.74 Å². The molecule has 1 amide bonds. The summed E-state index contributed by atoms with van der Waals surface area (Å²) in [5.41, 5.74) is 1.82. The van der Waals surface area contributed by atoms with Gasteiger partial charge in [-0.2, -0.15) is 0 Å². The number of carbonyl (C=O) groups is 2. The summed E-state index contributed by atoms with van der Waals surface area (Å²) < 4.78 is 4.94. The Bertz CT molecular complexity index is 488. The summed E-state index contributed by atoms with van der Waals surface area (Å²) in [6.45, 7) is 7.65. The highest BCUT2D eigenvalue weighted by Gasteiger charge is 2.14. The van der Waals surface area contributed by atoms with Crippen molar-refractivity contribution in [2.75, 3.05) is 11.9 Å². The van der Waals surface area contributed by atoms with E-state index in [2.05, 4.69) is 10.6 Å². The van der Waals surface area contributed by atoms with Crippen molar-refractivity contribution < 1.29 is 14.3 Å². The molecule has 0 bridgehead atoms. The molecule has 0 aliphatic rings. The van der Waals surface area contributed by atoms with Gasteiger partial charge in [-0.1, -0.05) is 12.1 Å². The minimum Gasteiger partial charge on any atom is -0.466 e. The number of benzene rings is 1. The third-order valence-corrected chi connectivity index (χ3v) is 3.02. The van der Waals surface area contributed by atoms with Crippen LogP contribution in [0.2, 0.25) is 0 Å². The van der Waals surface area contributed by atoms with E-state index in [0.29, 0.717) is 13.0 Å². The average molecular weight is 292 g/mol. The molecule has 0 aromatic heterocycles. The summed E-state index contributed by atoms with van der Waals surface area (Å²) in [6.07, 6.45) is 0.337. The Morgan fingerprint density at radius 1 is 1.29 bits per heavy atom. The van der Waals surface area contributed by atoms with E-state index in [1.807, 2.05) is 38.1 Å². The van der Waals surface area contributed by atoms with Crippen molar-refractivity contribution in [2.24, 2.45) is 0 Å². The van der Waals surface area contributed by atoms with Crippen molar-refractivity contribution in [3.63, 3.8) is 0 Å². The van der Waals surface area contributed by atoms with Gasteiger partial charge in [0.25, 0.3) is 0 Å². The molecule has 0 radical (unpaired) electrons. The maximum Gasteiger partial charge on any atom is 0.307 e.